The highest BCUT2D eigenvalue weighted by Crippen LogP contribution is 2.23. The number of hydrogen-bond donors (Lipinski definition) is 0. The number of hydrogen-bond acceptors (Lipinski definition) is 2. The zero-order valence-electron chi connectivity index (χ0n) is 8.50. The second kappa shape index (κ2) is 4.47. The molecule has 0 fully saturated rings. The van der Waals surface area contributed by atoms with Crippen molar-refractivity contribution in [1.82, 2.24) is 0 Å². The van der Waals surface area contributed by atoms with E-state index in [1.807, 2.05) is 32.0 Å². The minimum atomic E-state index is -0.600. The van der Waals surface area contributed by atoms with Crippen molar-refractivity contribution >= 4 is 16.8 Å². The molecule has 0 radical (unpaired) electrons. The molecule has 0 amide bonds. The van der Waals surface area contributed by atoms with Gasteiger partial charge in [-0.1, -0.05) is 18.2 Å². The van der Waals surface area contributed by atoms with Crippen LogP contribution in [0.15, 0.2) is 18.2 Å². The third kappa shape index (κ3) is 2.48. The summed E-state index contributed by atoms with van der Waals surface area (Å²) in [6.45, 7) is 5.52. The summed E-state index contributed by atoms with van der Waals surface area (Å²) in [7, 11) is 0. The Labute approximate surface area is 88.8 Å². The van der Waals surface area contributed by atoms with Gasteiger partial charge in [0, 0.05) is 0 Å². The molecule has 14 heavy (non-hydrogen) atoms. The van der Waals surface area contributed by atoms with Crippen molar-refractivity contribution in [2.45, 2.75) is 26.9 Å². The summed E-state index contributed by atoms with van der Waals surface area (Å²) >= 11 is 5.32. The summed E-state index contributed by atoms with van der Waals surface area (Å²) < 4.78 is 5.46. The summed E-state index contributed by atoms with van der Waals surface area (Å²) in [6.07, 6.45) is -0.600. The van der Waals surface area contributed by atoms with E-state index in [0.717, 1.165) is 16.9 Å². The summed E-state index contributed by atoms with van der Waals surface area (Å²) in [5.41, 5.74) is 2.02. The fraction of sp³-hybridized carbons (Fsp3) is 0.364. The fourth-order valence-corrected chi connectivity index (χ4v) is 1.25. The molecule has 1 unspecified atom stereocenters. The van der Waals surface area contributed by atoms with Gasteiger partial charge in [0.05, 0.1) is 0 Å². The van der Waals surface area contributed by atoms with Crippen LogP contribution in [0.5, 0.6) is 5.75 Å². The lowest BCUT2D eigenvalue weighted by Crippen LogP contribution is -2.19. The molecular formula is C11H13ClO2. The van der Waals surface area contributed by atoms with Crippen LogP contribution in [0.4, 0.5) is 0 Å². The molecular weight excluding hydrogens is 200 g/mol. The maximum absolute atomic E-state index is 10.8. The number of carbonyl (C=O) groups excluding carboxylic acids is 1. The van der Waals surface area contributed by atoms with E-state index in [4.69, 9.17) is 16.3 Å². The van der Waals surface area contributed by atoms with Gasteiger partial charge in [0.15, 0.2) is 6.10 Å². The average Bonchev–Trinajstić information content (AvgIpc) is 2.11. The Morgan fingerprint density at radius 2 is 1.86 bits per heavy atom. The highest BCUT2D eigenvalue weighted by atomic mass is 35.5. The van der Waals surface area contributed by atoms with Crippen LogP contribution in [0.1, 0.15) is 18.1 Å². The van der Waals surface area contributed by atoms with Crippen LogP contribution in [-0.4, -0.2) is 11.3 Å². The predicted molar refractivity (Wildman–Crippen MR) is 56.9 cm³/mol. The molecule has 3 heteroatoms. The third-order valence-electron chi connectivity index (χ3n) is 2.02. The number of para-hydroxylation sites is 1. The van der Waals surface area contributed by atoms with Crippen molar-refractivity contribution in [1.29, 1.82) is 0 Å². The molecule has 1 rings (SSSR count). The molecule has 0 saturated carbocycles. The molecule has 1 aromatic carbocycles. The standard InChI is InChI=1S/C11H13ClO2/c1-7-5-4-6-8(2)10(7)14-9(3)11(12)13/h4-6,9H,1-3H3. The van der Waals surface area contributed by atoms with Gasteiger partial charge in [-0.05, 0) is 43.5 Å². The van der Waals surface area contributed by atoms with Gasteiger partial charge in [0.2, 0.25) is 0 Å². The molecule has 0 aliphatic heterocycles. The summed E-state index contributed by atoms with van der Waals surface area (Å²) in [5, 5.41) is -0.479. The van der Waals surface area contributed by atoms with Crippen LogP contribution in [0.25, 0.3) is 0 Å². The van der Waals surface area contributed by atoms with Crippen molar-refractivity contribution < 1.29 is 9.53 Å². The largest absolute Gasteiger partial charge is 0.481 e. The predicted octanol–water partition coefficient (Wildman–Crippen LogP) is 2.84. The van der Waals surface area contributed by atoms with E-state index in [-0.39, 0.29) is 0 Å². The molecule has 1 atom stereocenters. The van der Waals surface area contributed by atoms with Crippen LogP contribution < -0.4 is 4.74 Å². The minimum Gasteiger partial charge on any atom is -0.481 e. The first-order chi connectivity index (χ1) is 6.52. The van der Waals surface area contributed by atoms with Crippen molar-refractivity contribution in [2.75, 3.05) is 0 Å². The first-order valence-electron chi connectivity index (χ1n) is 4.44. The van der Waals surface area contributed by atoms with Gasteiger partial charge in [-0.25, -0.2) is 0 Å². The molecule has 0 aliphatic carbocycles. The number of benzene rings is 1. The Kier molecular flexibility index (Phi) is 3.53. The fourth-order valence-electron chi connectivity index (χ4n) is 1.21. The van der Waals surface area contributed by atoms with E-state index >= 15 is 0 Å². The zero-order valence-corrected chi connectivity index (χ0v) is 9.26. The molecule has 0 bridgehead atoms. The highest BCUT2D eigenvalue weighted by Gasteiger charge is 2.13. The van der Waals surface area contributed by atoms with E-state index in [1.54, 1.807) is 6.92 Å². The van der Waals surface area contributed by atoms with Crippen molar-refractivity contribution in [3.8, 4) is 5.75 Å². The van der Waals surface area contributed by atoms with Gasteiger partial charge in [0.25, 0.3) is 5.24 Å². The topological polar surface area (TPSA) is 26.3 Å². The maximum Gasteiger partial charge on any atom is 0.262 e. The Balaban J connectivity index is 2.91. The van der Waals surface area contributed by atoms with Crippen molar-refractivity contribution in [3.63, 3.8) is 0 Å². The monoisotopic (exact) mass is 212 g/mol. The number of halogens is 1. The van der Waals surface area contributed by atoms with Crippen LogP contribution >= 0.6 is 11.6 Å². The average molecular weight is 213 g/mol. The lowest BCUT2D eigenvalue weighted by Gasteiger charge is -2.14. The van der Waals surface area contributed by atoms with Gasteiger partial charge < -0.3 is 4.74 Å². The van der Waals surface area contributed by atoms with Crippen LogP contribution in [0.3, 0.4) is 0 Å². The minimum absolute atomic E-state index is 0.479. The molecule has 0 spiro atoms. The molecule has 0 aliphatic rings. The molecule has 2 nitrogen and oxygen atoms in total. The lowest BCUT2D eigenvalue weighted by molar-refractivity contribution is -0.117. The van der Waals surface area contributed by atoms with Gasteiger partial charge in [0.1, 0.15) is 5.75 Å². The highest BCUT2D eigenvalue weighted by molar-refractivity contribution is 6.64. The molecule has 0 aromatic heterocycles. The summed E-state index contributed by atoms with van der Waals surface area (Å²) in [5.74, 6) is 0.744. The second-order valence-electron chi connectivity index (χ2n) is 3.29. The Hall–Kier alpha value is -1.02. The number of rotatable bonds is 3. The second-order valence-corrected chi connectivity index (χ2v) is 3.66. The van der Waals surface area contributed by atoms with Gasteiger partial charge >= 0.3 is 0 Å². The first-order valence-corrected chi connectivity index (χ1v) is 4.82. The number of aryl methyl sites for hydroxylation is 2. The Bertz CT molecular complexity index is 327. The lowest BCUT2D eigenvalue weighted by atomic mass is 10.1. The van der Waals surface area contributed by atoms with Gasteiger partial charge in [-0.2, -0.15) is 0 Å². The van der Waals surface area contributed by atoms with Gasteiger partial charge in [-0.15, -0.1) is 0 Å². The maximum atomic E-state index is 10.8. The van der Waals surface area contributed by atoms with Crippen molar-refractivity contribution in [3.05, 3.63) is 29.3 Å². The Morgan fingerprint density at radius 1 is 1.36 bits per heavy atom. The number of ether oxygens (including phenoxy) is 1. The van der Waals surface area contributed by atoms with Crippen molar-refractivity contribution in [2.24, 2.45) is 0 Å². The zero-order chi connectivity index (χ0) is 10.7. The van der Waals surface area contributed by atoms with E-state index in [2.05, 4.69) is 0 Å². The summed E-state index contributed by atoms with van der Waals surface area (Å²) in [6, 6.07) is 5.83. The molecule has 1 aromatic rings. The van der Waals surface area contributed by atoms with Crippen LogP contribution in [0.2, 0.25) is 0 Å². The Morgan fingerprint density at radius 3 is 2.29 bits per heavy atom. The molecule has 76 valence electrons. The van der Waals surface area contributed by atoms with E-state index in [9.17, 15) is 4.79 Å². The number of carbonyl (C=O) groups is 1. The smallest absolute Gasteiger partial charge is 0.262 e. The quantitative estimate of drug-likeness (QED) is 0.721. The van der Waals surface area contributed by atoms with E-state index < -0.39 is 11.3 Å². The van der Waals surface area contributed by atoms with E-state index in [0.29, 0.717) is 0 Å². The third-order valence-corrected chi connectivity index (χ3v) is 2.33. The first kappa shape index (κ1) is 11.1. The molecule has 0 heterocycles. The summed E-state index contributed by atoms with van der Waals surface area (Å²) in [4.78, 5) is 10.8. The SMILES string of the molecule is Cc1cccc(C)c1OC(C)C(=O)Cl. The molecule has 0 N–H and O–H groups in total. The normalized spacial score (nSPS) is 12.3. The van der Waals surface area contributed by atoms with Crippen LogP contribution in [0, 0.1) is 13.8 Å². The molecule has 0 saturated heterocycles. The van der Waals surface area contributed by atoms with E-state index in [1.165, 1.54) is 0 Å². The van der Waals surface area contributed by atoms with Crippen LogP contribution in [-0.2, 0) is 4.79 Å². The van der Waals surface area contributed by atoms with Gasteiger partial charge in [-0.3, -0.25) is 4.79 Å².